The smallest absolute Gasteiger partial charge is 0.257 e. The molecule has 0 radical (unpaired) electrons. The molecule has 3 aromatic rings. The molecule has 0 spiro atoms. The van der Waals surface area contributed by atoms with Crippen molar-refractivity contribution in [3.8, 4) is 0 Å². The Morgan fingerprint density at radius 1 is 0.929 bits per heavy atom. The number of carbonyl (C=O) groups is 2. The number of halogens is 1. The highest BCUT2D eigenvalue weighted by molar-refractivity contribution is 6.30. The second-order valence-electron chi connectivity index (χ2n) is 6.26. The van der Waals surface area contributed by atoms with Gasteiger partial charge in [0.2, 0.25) is 5.91 Å². The molecule has 0 aliphatic rings. The van der Waals surface area contributed by atoms with Gasteiger partial charge in [-0.1, -0.05) is 23.7 Å². The molecule has 0 saturated heterocycles. The number of nitrogens with zero attached hydrogens (tertiary/aromatic N) is 1. The van der Waals surface area contributed by atoms with Crippen LogP contribution in [0.15, 0.2) is 60.9 Å². The zero-order valence-electron chi connectivity index (χ0n) is 15.4. The summed E-state index contributed by atoms with van der Waals surface area (Å²) in [6.45, 7) is 3.39. The van der Waals surface area contributed by atoms with E-state index in [1.807, 2.05) is 25.1 Å². The largest absolute Gasteiger partial charge is 0.354 e. The molecule has 28 heavy (non-hydrogen) atoms. The molecule has 0 aliphatic heterocycles. The molecule has 6 nitrogen and oxygen atoms in total. The van der Waals surface area contributed by atoms with Crippen LogP contribution in [0.25, 0.3) is 0 Å². The molecule has 3 N–H and O–H groups in total. The first-order chi connectivity index (χ1) is 13.4. The highest BCUT2D eigenvalue weighted by atomic mass is 35.5. The number of aryl methyl sites for hydroxylation is 1. The van der Waals surface area contributed by atoms with E-state index in [0.29, 0.717) is 27.6 Å². The summed E-state index contributed by atoms with van der Waals surface area (Å²) in [5.41, 5.74) is 4.11. The lowest BCUT2D eigenvalue weighted by Gasteiger charge is -2.11. The Bertz CT molecular complexity index is 1040. The average Bonchev–Trinajstić information content (AvgIpc) is 2.65. The maximum Gasteiger partial charge on any atom is 0.257 e. The Morgan fingerprint density at radius 3 is 2.43 bits per heavy atom. The van der Waals surface area contributed by atoms with Gasteiger partial charge in [0.1, 0.15) is 0 Å². The van der Waals surface area contributed by atoms with Crippen molar-refractivity contribution in [3.63, 3.8) is 0 Å². The van der Waals surface area contributed by atoms with E-state index in [0.717, 1.165) is 11.3 Å². The standard InChI is InChI=1S/C21H19ClN4O2/c1-13-6-7-16(22)9-20(13)25-19-8-15(11-23-12-19)21(28)26-18-5-3-4-17(10-18)24-14(2)27/h3-12,25H,1-2H3,(H,24,27)(H,26,28). The normalized spacial score (nSPS) is 10.2. The van der Waals surface area contributed by atoms with Crippen LogP contribution in [0, 0.1) is 6.92 Å². The maximum atomic E-state index is 12.6. The van der Waals surface area contributed by atoms with Gasteiger partial charge in [-0.3, -0.25) is 14.6 Å². The summed E-state index contributed by atoms with van der Waals surface area (Å²) in [6, 6.07) is 14.2. The molecule has 1 heterocycles. The second kappa shape index (κ2) is 8.54. The van der Waals surface area contributed by atoms with Crippen LogP contribution in [0.4, 0.5) is 22.7 Å². The van der Waals surface area contributed by atoms with Crippen molar-refractivity contribution >= 4 is 46.2 Å². The second-order valence-corrected chi connectivity index (χ2v) is 6.70. The molecule has 2 aromatic carbocycles. The summed E-state index contributed by atoms with van der Waals surface area (Å²) in [5.74, 6) is -0.485. The van der Waals surface area contributed by atoms with Crippen molar-refractivity contribution in [3.05, 3.63) is 77.1 Å². The number of nitrogens with one attached hydrogen (secondary N) is 3. The van der Waals surface area contributed by atoms with Gasteiger partial charge in [0.15, 0.2) is 0 Å². The molecule has 0 unspecified atom stereocenters. The summed E-state index contributed by atoms with van der Waals surface area (Å²) in [4.78, 5) is 27.9. The van der Waals surface area contributed by atoms with Gasteiger partial charge in [0.05, 0.1) is 17.4 Å². The molecule has 1 aromatic heterocycles. The van der Waals surface area contributed by atoms with E-state index in [2.05, 4.69) is 20.9 Å². The number of amides is 2. The van der Waals surface area contributed by atoms with Gasteiger partial charge in [0, 0.05) is 35.2 Å². The van der Waals surface area contributed by atoms with Crippen LogP contribution in [0.3, 0.4) is 0 Å². The number of rotatable bonds is 5. The van der Waals surface area contributed by atoms with Crippen LogP contribution in [0.2, 0.25) is 5.02 Å². The van der Waals surface area contributed by atoms with Crippen LogP contribution in [0.1, 0.15) is 22.8 Å². The van der Waals surface area contributed by atoms with Crippen molar-refractivity contribution in [1.29, 1.82) is 0 Å². The van der Waals surface area contributed by atoms with Crippen LogP contribution >= 0.6 is 11.6 Å². The van der Waals surface area contributed by atoms with Gasteiger partial charge in [-0.05, 0) is 48.9 Å². The zero-order valence-corrected chi connectivity index (χ0v) is 16.2. The highest BCUT2D eigenvalue weighted by Crippen LogP contribution is 2.24. The number of aromatic nitrogens is 1. The molecule has 7 heteroatoms. The fourth-order valence-corrected chi connectivity index (χ4v) is 2.77. The van der Waals surface area contributed by atoms with Crippen LogP contribution < -0.4 is 16.0 Å². The summed E-state index contributed by atoms with van der Waals surface area (Å²) in [7, 11) is 0. The van der Waals surface area contributed by atoms with Gasteiger partial charge >= 0.3 is 0 Å². The number of hydrogen-bond acceptors (Lipinski definition) is 4. The Hall–Kier alpha value is -3.38. The quantitative estimate of drug-likeness (QED) is 0.568. The van der Waals surface area contributed by atoms with Crippen molar-refractivity contribution in [1.82, 2.24) is 4.98 Å². The van der Waals surface area contributed by atoms with Crippen LogP contribution in [-0.2, 0) is 4.79 Å². The van der Waals surface area contributed by atoms with Gasteiger partial charge in [0.25, 0.3) is 5.91 Å². The third-order valence-corrected chi connectivity index (χ3v) is 4.15. The number of pyridine rings is 1. The van der Waals surface area contributed by atoms with Crippen molar-refractivity contribution in [2.24, 2.45) is 0 Å². The van der Waals surface area contributed by atoms with E-state index in [1.54, 1.807) is 36.5 Å². The molecule has 0 bridgehead atoms. The Kier molecular flexibility index (Phi) is 5.91. The average molecular weight is 395 g/mol. The van der Waals surface area contributed by atoms with Crippen LogP contribution in [-0.4, -0.2) is 16.8 Å². The molecule has 2 amide bonds. The lowest BCUT2D eigenvalue weighted by molar-refractivity contribution is -0.114. The van der Waals surface area contributed by atoms with E-state index in [-0.39, 0.29) is 11.8 Å². The first kappa shape index (κ1) is 19.4. The molecule has 0 aliphatic carbocycles. The topological polar surface area (TPSA) is 83.1 Å². The van der Waals surface area contributed by atoms with Gasteiger partial charge in [-0.25, -0.2) is 0 Å². The predicted octanol–water partition coefficient (Wildman–Crippen LogP) is 5.00. The van der Waals surface area contributed by atoms with Crippen LogP contribution in [0.5, 0.6) is 0 Å². The lowest BCUT2D eigenvalue weighted by atomic mass is 10.2. The third kappa shape index (κ3) is 5.08. The summed E-state index contributed by atoms with van der Waals surface area (Å²) in [5, 5.41) is 9.33. The van der Waals surface area contributed by atoms with Crippen molar-refractivity contribution < 1.29 is 9.59 Å². The number of hydrogen-bond donors (Lipinski definition) is 3. The van der Waals surface area contributed by atoms with E-state index >= 15 is 0 Å². The predicted molar refractivity (Wildman–Crippen MR) is 112 cm³/mol. The fourth-order valence-electron chi connectivity index (χ4n) is 2.60. The number of benzene rings is 2. The fraction of sp³-hybridized carbons (Fsp3) is 0.0952. The minimum Gasteiger partial charge on any atom is -0.354 e. The van der Waals surface area contributed by atoms with E-state index in [9.17, 15) is 9.59 Å². The summed E-state index contributed by atoms with van der Waals surface area (Å²) in [6.07, 6.45) is 3.12. The van der Waals surface area contributed by atoms with E-state index < -0.39 is 0 Å². The molecular weight excluding hydrogens is 376 g/mol. The first-order valence-electron chi connectivity index (χ1n) is 8.58. The minimum atomic E-state index is -0.307. The van der Waals surface area contributed by atoms with Crippen molar-refractivity contribution in [2.75, 3.05) is 16.0 Å². The van der Waals surface area contributed by atoms with E-state index in [1.165, 1.54) is 13.1 Å². The maximum absolute atomic E-state index is 12.6. The highest BCUT2D eigenvalue weighted by Gasteiger charge is 2.09. The Balaban J connectivity index is 1.75. The molecule has 0 fully saturated rings. The van der Waals surface area contributed by atoms with E-state index in [4.69, 9.17) is 11.6 Å². The third-order valence-electron chi connectivity index (χ3n) is 3.92. The van der Waals surface area contributed by atoms with Gasteiger partial charge in [-0.2, -0.15) is 0 Å². The van der Waals surface area contributed by atoms with Crippen molar-refractivity contribution in [2.45, 2.75) is 13.8 Å². The lowest BCUT2D eigenvalue weighted by Crippen LogP contribution is -2.13. The monoisotopic (exact) mass is 394 g/mol. The van der Waals surface area contributed by atoms with Gasteiger partial charge < -0.3 is 16.0 Å². The molecule has 0 atom stereocenters. The molecule has 142 valence electrons. The first-order valence-corrected chi connectivity index (χ1v) is 8.96. The molecular formula is C21H19ClN4O2. The summed E-state index contributed by atoms with van der Waals surface area (Å²) >= 11 is 6.05. The molecule has 0 saturated carbocycles. The van der Waals surface area contributed by atoms with Gasteiger partial charge in [-0.15, -0.1) is 0 Å². The Morgan fingerprint density at radius 2 is 1.68 bits per heavy atom. The minimum absolute atomic E-state index is 0.178. The number of anilines is 4. The molecule has 3 rings (SSSR count). The Labute approximate surface area is 168 Å². The zero-order chi connectivity index (χ0) is 20.1. The summed E-state index contributed by atoms with van der Waals surface area (Å²) < 4.78 is 0. The number of carbonyl (C=O) groups excluding carboxylic acids is 2. The SMILES string of the molecule is CC(=O)Nc1cccc(NC(=O)c2cncc(Nc3cc(Cl)ccc3C)c2)c1.